The number of esters is 1. The van der Waals surface area contributed by atoms with E-state index in [9.17, 15) is 4.79 Å². The maximum atomic E-state index is 11.5. The first-order valence-corrected chi connectivity index (χ1v) is 5.88. The molecule has 1 aromatic rings. The van der Waals surface area contributed by atoms with Crippen LogP contribution in [0.5, 0.6) is 0 Å². The van der Waals surface area contributed by atoms with Crippen LogP contribution in [0.15, 0.2) is 0 Å². The summed E-state index contributed by atoms with van der Waals surface area (Å²) >= 11 is 0. The summed E-state index contributed by atoms with van der Waals surface area (Å²) in [7, 11) is 1.36. The van der Waals surface area contributed by atoms with Crippen molar-refractivity contribution < 1.29 is 14.3 Å². The third-order valence-electron chi connectivity index (χ3n) is 3.04. The highest BCUT2D eigenvalue weighted by Gasteiger charge is 2.24. The monoisotopic (exact) mass is 239 g/mol. The Morgan fingerprint density at radius 3 is 2.82 bits per heavy atom. The van der Waals surface area contributed by atoms with Gasteiger partial charge in [-0.05, 0) is 19.3 Å². The van der Waals surface area contributed by atoms with E-state index in [1.54, 1.807) is 0 Å². The van der Waals surface area contributed by atoms with Gasteiger partial charge in [-0.1, -0.05) is 12.1 Å². The van der Waals surface area contributed by atoms with E-state index in [4.69, 9.17) is 9.47 Å². The van der Waals surface area contributed by atoms with Crippen LogP contribution in [-0.4, -0.2) is 41.3 Å². The van der Waals surface area contributed by atoms with Crippen LogP contribution < -0.4 is 0 Å². The maximum Gasteiger partial charge on any atom is 0.360 e. The Morgan fingerprint density at radius 2 is 2.24 bits per heavy atom. The molecule has 0 aromatic carbocycles. The summed E-state index contributed by atoms with van der Waals surface area (Å²) in [6.07, 6.45) is 2.54. The number of hydrogen-bond donors (Lipinski definition) is 0. The second kappa shape index (κ2) is 5.27. The number of nitrogens with zero attached hydrogens (tertiary/aromatic N) is 3. The maximum absolute atomic E-state index is 11.5. The Labute approximate surface area is 99.9 Å². The molecule has 1 saturated heterocycles. The lowest BCUT2D eigenvalue weighted by Crippen LogP contribution is -2.22. The zero-order valence-corrected chi connectivity index (χ0v) is 10.2. The van der Waals surface area contributed by atoms with Crippen molar-refractivity contribution in [2.24, 2.45) is 0 Å². The van der Waals surface area contributed by atoms with Gasteiger partial charge in [0, 0.05) is 13.2 Å². The average molecular weight is 239 g/mol. The molecule has 0 spiro atoms. The molecule has 1 aliphatic heterocycles. The number of methoxy groups -OCH3 is 1. The Balaban J connectivity index is 2.27. The molecule has 1 aromatic heterocycles. The minimum absolute atomic E-state index is 0.282. The molecule has 1 aliphatic rings. The fourth-order valence-electron chi connectivity index (χ4n) is 2.12. The minimum atomic E-state index is -0.417. The molecule has 0 unspecified atom stereocenters. The smallest absolute Gasteiger partial charge is 0.360 e. The molecule has 94 valence electrons. The van der Waals surface area contributed by atoms with Crippen molar-refractivity contribution in [1.82, 2.24) is 15.0 Å². The van der Waals surface area contributed by atoms with Crippen LogP contribution in [0.1, 0.15) is 42.0 Å². The molecule has 2 heterocycles. The van der Waals surface area contributed by atoms with Crippen LogP contribution >= 0.6 is 0 Å². The lowest BCUT2D eigenvalue weighted by molar-refractivity contribution is 0.0591. The first-order valence-electron chi connectivity index (χ1n) is 5.88. The average Bonchev–Trinajstić information content (AvgIpc) is 2.82. The lowest BCUT2D eigenvalue weighted by Gasteiger charge is -2.23. The number of carbonyl (C=O) groups is 1. The second-order valence-electron chi connectivity index (χ2n) is 4.02. The summed E-state index contributed by atoms with van der Waals surface area (Å²) in [5.74, 6) is -0.417. The molecular weight excluding hydrogens is 222 g/mol. The van der Waals surface area contributed by atoms with Gasteiger partial charge in [-0.15, -0.1) is 5.10 Å². The van der Waals surface area contributed by atoms with Crippen molar-refractivity contribution in [1.29, 1.82) is 0 Å². The third kappa shape index (κ3) is 2.31. The molecule has 0 bridgehead atoms. The molecule has 0 amide bonds. The van der Waals surface area contributed by atoms with Gasteiger partial charge in [0.05, 0.1) is 18.8 Å². The zero-order chi connectivity index (χ0) is 12.3. The first kappa shape index (κ1) is 12.0. The summed E-state index contributed by atoms with van der Waals surface area (Å²) in [6.45, 7) is 3.46. The van der Waals surface area contributed by atoms with Crippen molar-refractivity contribution >= 4 is 5.97 Å². The minimum Gasteiger partial charge on any atom is -0.464 e. The number of ether oxygens (including phenoxy) is 2. The molecule has 0 aliphatic carbocycles. The lowest BCUT2D eigenvalue weighted by atomic mass is 10.1. The van der Waals surface area contributed by atoms with E-state index in [0.29, 0.717) is 5.69 Å². The van der Waals surface area contributed by atoms with Crippen molar-refractivity contribution in [3.05, 3.63) is 11.4 Å². The highest BCUT2D eigenvalue weighted by Crippen LogP contribution is 2.23. The first-order chi connectivity index (χ1) is 8.27. The Morgan fingerprint density at radius 1 is 1.53 bits per heavy atom. The van der Waals surface area contributed by atoms with Gasteiger partial charge in [-0.2, -0.15) is 0 Å². The quantitative estimate of drug-likeness (QED) is 0.735. The molecule has 6 heteroatoms. The molecule has 6 nitrogen and oxygen atoms in total. The standard InChI is InChI=1S/C11H17N3O3/c1-3-9-10(11(15)16-2)12-13-14(9)8-4-6-17-7-5-8/h8H,3-7H2,1-2H3. The van der Waals surface area contributed by atoms with E-state index in [1.165, 1.54) is 7.11 Å². The fraction of sp³-hybridized carbons (Fsp3) is 0.727. The summed E-state index contributed by atoms with van der Waals surface area (Å²) in [5.41, 5.74) is 1.19. The van der Waals surface area contributed by atoms with Crippen LogP contribution in [0.2, 0.25) is 0 Å². The van der Waals surface area contributed by atoms with Crippen LogP contribution in [0, 0.1) is 0 Å². The summed E-state index contributed by atoms with van der Waals surface area (Å²) in [6, 6.07) is 0.282. The van der Waals surface area contributed by atoms with Gasteiger partial charge >= 0.3 is 5.97 Å². The topological polar surface area (TPSA) is 66.2 Å². The summed E-state index contributed by atoms with van der Waals surface area (Å²) < 4.78 is 11.9. The molecule has 0 N–H and O–H groups in total. The summed E-state index contributed by atoms with van der Waals surface area (Å²) in [4.78, 5) is 11.5. The van der Waals surface area contributed by atoms with E-state index >= 15 is 0 Å². The molecule has 1 fully saturated rings. The highest BCUT2D eigenvalue weighted by atomic mass is 16.5. The molecule has 0 saturated carbocycles. The van der Waals surface area contributed by atoms with Crippen LogP contribution in [0.3, 0.4) is 0 Å². The number of hydrogen-bond acceptors (Lipinski definition) is 5. The summed E-state index contributed by atoms with van der Waals surface area (Å²) in [5, 5.41) is 8.02. The highest BCUT2D eigenvalue weighted by molar-refractivity contribution is 5.88. The van der Waals surface area contributed by atoms with E-state index in [2.05, 4.69) is 10.3 Å². The molecule has 17 heavy (non-hydrogen) atoms. The molecular formula is C11H17N3O3. The molecule has 0 radical (unpaired) electrons. The number of rotatable bonds is 3. The molecule has 2 rings (SSSR count). The van der Waals surface area contributed by atoms with Gasteiger partial charge in [0.1, 0.15) is 0 Å². The van der Waals surface area contributed by atoms with Gasteiger partial charge in [0.25, 0.3) is 0 Å². The Hall–Kier alpha value is -1.43. The fourth-order valence-corrected chi connectivity index (χ4v) is 2.12. The number of carbonyl (C=O) groups excluding carboxylic acids is 1. The molecule has 0 atom stereocenters. The zero-order valence-electron chi connectivity index (χ0n) is 10.2. The van der Waals surface area contributed by atoms with Gasteiger partial charge < -0.3 is 9.47 Å². The van der Waals surface area contributed by atoms with E-state index in [1.807, 2.05) is 11.6 Å². The van der Waals surface area contributed by atoms with Crippen LogP contribution in [-0.2, 0) is 15.9 Å². The second-order valence-corrected chi connectivity index (χ2v) is 4.02. The van der Waals surface area contributed by atoms with Crippen molar-refractivity contribution in [2.45, 2.75) is 32.2 Å². The SMILES string of the molecule is CCc1c(C(=O)OC)nnn1C1CCOCC1. The van der Waals surface area contributed by atoms with Crippen molar-refractivity contribution in [2.75, 3.05) is 20.3 Å². The Kier molecular flexibility index (Phi) is 3.73. The van der Waals surface area contributed by atoms with E-state index in [0.717, 1.165) is 38.2 Å². The van der Waals surface area contributed by atoms with Crippen LogP contribution in [0.4, 0.5) is 0 Å². The normalized spacial score (nSPS) is 17.1. The van der Waals surface area contributed by atoms with E-state index < -0.39 is 5.97 Å². The van der Waals surface area contributed by atoms with Gasteiger partial charge in [0.15, 0.2) is 5.69 Å². The Bertz CT molecular complexity index is 397. The van der Waals surface area contributed by atoms with Gasteiger partial charge in [-0.25, -0.2) is 9.48 Å². The predicted molar refractivity (Wildman–Crippen MR) is 59.8 cm³/mol. The largest absolute Gasteiger partial charge is 0.464 e. The van der Waals surface area contributed by atoms with Crippen molar-refractivity contribution in [3.63, 3.8) is 0 Å². The third-order valence-corrected chi connectivity index (χ3v) is 3.04. The van der Waals surface area contributed by atoms with Gasteiger partial charge in [-0.3, -0.25) is 0 Å². The van der Waals surface area contributed by atoms with Crippen LogP contribution in [0.25, 0.3) is 0 Å². The van der Waals surface area contributed by atoms with Crippen molar-refractivity contribution in [3.8, 4) is 0 Å². The van der Waals surface area contributed by atoms with E-state index in [-0.39, 0.29) is 6.04 Å². The number of aromatic nitrogens is 3. The predicted octanol–water partition coefficient (Wildman–Crippen LogP) is 0.979. The van der Waals surface area contributed by atoms with Gasteiger partial charge in [0.2, 0.25) is 0 Å².